The molecule has 3 N–H and O–H groups in total. The zero-order valence-corrected chi connectivity index (χ0v) is 13.0. The van der Waals surface area contributed by atoms with Crippen molar-refractivity contribution in [3.05, 3.63) is 23.8 Å². The summed E-state index contributed by atoms with van der Waals surface area (Å²) in [5.41, 5.74) is 0.581. The molecule has 1 heterocycles. The van der Waals surface area contributed by atoms with Crippen molar-refractivity contribution in [2.45, 2.75) is 19.4 Å². The number of piperazine rings is 1. The highest BCUT2D eigenvalue weighted by molar-refractivity contribution is 5.44. The largest absolute Gasteiger partial charge is 0.507 e. The molecule has 1 saturated heterocycles. The van der Waals surface area contributed by atoms with Gasteiger partial charge in [-0.25, -0.2) is 0 Å². The van der Waals surface area contributed by atoms with Crippen molar-refractivity contribution in [1.29, 1.82) is 0 Å². The van der Waals surface area contributed by atoms with Crippen molar-refractivity contribution in [1.82, 2.24) is 15.1 Å². The Morgan fingerprint density at radius 1 is 1.14 bits per heavy atom. The van der Waals surface area contributed by atoms with E-state index in [1.165, 1.54) is 0 Å². The van der Waals surface area contributed by atoms with Gasteiger partial charge < -0.3 is 25.3 Å². The van der Waals surface area contributed by atoms with Gasteiger partial charge in [0.15, 0.2) is 0 Å². The Bertz CT molecular complexity index is 425. The van der Waals surface area contributed by atoms with Crippen molar-refractivity contribution in [2.24, 2.45) is 0 Å². The van der Waals surface area contributed by atoms with Crippen LogP contribution < -0.4 is 5.32 Å². The predicted octanol–water partition coefficient (Wildman–Crippen LogP) is 1.39. The topological polar surface area (TPSA) is 59.0 Å². The molecular weight excluding hydrogens is 266 g/mol. The molecule has 0 spiro atoms. The Balaban J connectivity index is 1.71. The molecule has 0 amide bonds. The van der Waals surface area contributed by atoms with Gasteiger partial charge in [0.25, 0.3) is 0 Å². The molecule has 1 aliphatic heterocycles. The van der Waals surface area contributed by atoms with E-state index in [0.29, 0.717) is 5.56 Å². The van der Waals surface area contributed by atoms with Crippen molar-refractivity contribution in [3.63, 3.8) is 0 Å². The molecule has 2 rings (SSSR count). The third kappa shape index (κ3) is 4.59. The number of phenols is 2. The first-order valence-electron chi connectivity index (χ1n) is 7.73. The normalized spacial score (nSPS) is 18.8. The lowest BCUT2D eigenvalue weighted by Crippen LogP contribution is -2.45. The second-order valence-corrected chi connectivity index (χ2v) is 5.88. The molecule has 1 unspecified atom stereocenters. The first kappa shape index (κ1) is 16.1. The van der Waals surface area contributed by atoms with Crippen LogP contribution in [0.4, 0.5) is 0 Å². The summed E-state index contributed by atoms with van der Waals surface area (Å²) in [5.74, 6) is 0.295. The number of hydrogen-bond acceptors (Lipinski definition) is 5. The van der Waals surface area contributed by atoms with Gasteiger partial charge in [0.05, 0.1) is 5.56 Å². The van der Waals surface area contributed by atoms with E-state index >= 15 is 0 Å². The lowest BCUT2D eigenvalue weighted by atomic mass is 10.1. The number of nitrogens with one attached hydrogen (secondary N) is 1. The van der Waals surface area contributed by atoms with E-state index in [1.54, 1.807) is 18.2 Å². The molecule has 1 fully saturated rings. The monoisotopic (exact) mass is 293 g/mol. The Morgan fingerprint density at radius 3 is 2.38 bits per heavy atom. The summed E-state index contributed by atoms with van der Waals surface area (Å²) < 4.78 is 0. The van der Waals surface area contributed by atoms with E-state index in [-0.39, 0.29) is 17.5 Å². The summed E-state index contributed by atoms with van der Waals surface area (Å²) in [5, 5.41) is 23.0. The highest BCUT2D eigenvalue weighted by atomic mass is 16.3. The third-order valence-electron chi connectivity index (χ3n) is 4.19. The molecule has 1 aliphatic rings. The van der Waals surface area contributed by atoms with Gasteiger partial charge in [-0.1, -0.05) is 6.07 Å². The molecule has 21 heavy (non-hydrogen) atoms. The lowest BCUT2D eigenvalue weighted by molar-refractivity contribution is 0.152. The maximum absolute atomic E-state index is 9.83. The number of likely N-dealkylation sites (N-methyl/N-ethyl adjacent to an activating group) is 1. The molecule has 5 heteroatoms. The molecule has 1 aromatic rings. The highest BCUT2D eigenvalue weighted by Crippen LogP contribution is 2.31. The van der Waals surface area contributed by atoms with Crippen molar-refractivity contribution >= 4 is 0 Å². The van der Waals surface area contributed by atoms with Crippen LogP contribution in [0.15, 0.2) is 18.2 Å². The van der Waals surface area contributed by atoms with Crippen LogP contribution in [0.1, 0.15) is 24.9 Å². The minimum atomic E-state index is -0.0568. The summed E-state index contributed by atoms with van der Waals surface area (Å²) in [4.78, 5) is 4.85. The summed E-state index contributed by atoms with van der Waals surface area (Å²) in [6.45, 7) is 8.52. The molecule has 5 nitrogen and oxygen atoms in total. The maximum atomic E-state index is 9.83. The average molecular weight is 293 g/mol. The van der Waals surface area contributed by atoms with Gasteiger partial charge in [0, 0.05) is 32.2 Å². The van der Waals surface area contributed by atoms with Crippen molar-refractivity contribution in [2.75, 3.05) is 46.3 Å². The van der Waals surface area contributed by atoms with Crippen LogP contribution in [0.3, 0.4) is 0 Å². The summed E-state index contributed by atoms with van der Waals surface area (Å²) in [6.07, 6.45) is 1.07. The molecule has 0 aromatic heterocycles. The van der Waals surface area contributed by atoms with Crippen molar-refractivity contribution in [3.8, 4) is 11.5 Å². The van der Waals surface area contributed by atoms with Crippen LogP contribution in [0.25, 0.3) is 0 Å². The van der Waals surface area contributed by atoms with Crippen LogP contribution >= 0.6 is 0 Å². The number of hydrogen-bond donors (Lipinski definition) is 3. The van der Waals surface area contributed by atoms with Crippen LogP contribution in [0.5, 0.6) is 11.5 Å². The average Bonchev–Trinajstić information content (AvgIpc) is 2.45. The summed E-state index contributed by atoms with van der Waals surface area (Å²) in [7, 11) is 2.17. The second-order valence-electron chi connectivity index (χ2n) is 5.88. The fourth-order valence-corrected chi connectivity index (χ4v) is 2.78. The zero-order valence-electron chi connectivity index (χ0n) is 13.0. The number of rotatable bonds is 6. The van der Waals surface area contributed by atoms with Crippen LogP contribution in [0, 0.1) is 0 Å². The Labute approximate surface area is 127 Å². The number of aromatic hydroxyl groups is 2. The SMILES string of the molecule is CC(NCCCN1CCN(C)CC1)c1c(O)cccc1O. The van der Waals surface area contributed by atoms with Gasteiger partial charge in [-0.3, -0.25) is 0 Å². The summed E-state index contributed by atoms with van der Waals surface area (Å²) >= 11 is 0. The molecular formula is C16H27N3O2. The molecule has 118 valence electrons. The number of benzene rings is 1. The molecule has 0 saturated carbocycles. The standard InChI is InChI=1S/C16H27N3O2/c1-13(16-14(20)5-3-6-15(16)21)17-7-4-8-19-11-9-18(2)10-12-19/h3,5-6,13,17,20-21H,4,7-12H2,1-2H3. The fraction of sp³-hybridized carbons (Fsp3) is 0.625. The van der Waals surface area contributed by atoms with Crippen LogP contribution in [-0.2, 0) is 0 Å². The zero-order chi connectivity index (χ0) is 15.2. The number of phenolic OH excluding ortho intramolecular Hbond substituents is 2. The Morgan fingerprint density at radius 2 is 1.76 bits per heavy atom. The Kier molecular flexibility index (Phi) is 5.85. The van der Waals surface area contributed by atoms with Crippen molar-refractivity contribution < 1.29 is 10.2 Å². The summed E-state index contributed by atoms with van der Waals surface area (Å²) in [6, 6.07) is 4.81. The second kappa shape index (κ2) is 7.64. The lowest BCUT2D eigenvalue weighted by Gasteiger charge is -2.32. The smallest absolute Gasteiger partial charge is 0.124 e. The quantitative estimate of drug-likeness (QED) is 0.692. The van der Waals surface area contributed by atoms with E-state index in [4.69, 9.17) is 0 Å². The van der Waals surface area contributed by atoms with Crippen LogP contribution in [-0.4, -0.2) is 66.3 Å². The molecule has 1 atom stereocenters. The highest BCUT2D eigenvalue weighted by Gasteiger charge is 2.15. The molecule has 0 radical (unpaired) electrons. The maximum Gasteiger partial charge on any atom is 0.124 e. The van der Waals surface area contributed by atoms with Gasteiger partial charge in [-0.15, -0.1) is 0 Å². The van der Waals surface area contributed by atoms with Gasteiger partial charge in [-0.05, 0) is 45.6 Å². The van der Waals surface area contributed by atoms with E-state index in [2.05, 4.69) is 22.2 Å². The molecule has 1 aromatic carbocycles. The van der Waals surface area contributed by atoms with Gasteiger partial charge in [0.2, 0.25) is 0 Å². The van der Waals surface area contributed by atoms with Gasteiger partial charge in [-0.2, -0.15) is 0 Å². The molecule has 0 aliphatic carbocycles. The molecule has 0 bridgehead atoms. The first-order chi connectivity index (χ1) is 10.1. The minimum absolute atomic E-state index is 0.0568. The minimum Gasteiger partial charge on any atom is -0.507 e. The first-order valence-corrected chi connectivity index (χ1v) is 7.73. The number of nitrogens with zero attached hydrogens (tertiary/aromatic N) is 2. The van der Waals surface area contributed by atoms with Crippen LogP contribution in [0.2, 0.25) is 0 Å². The fourth-order valence-electron chi connectivity index (χ4n) is 2.78. The van der Waals surface area contributed by atoms with E-state index in [0.717, 1.165) is 45.7 Å². The van der Waals surface area contributed by atoms with E-state index in [9.17, 15) is 10.2 Å². The Hall–Kier alpha value is -1.30. The predicted molar refractivity (Wildman–Crippen MR) is 84.7 cm³/mol. The van der Waals surface area contributed by atoms with Gasteiger partial charge >= 0.3 is 0 Å². The van der Waals surface area contributed by atoms with E-state index in [1.807, 2.05) is 6.92 Å². The van der Waals surface area contributed by atoms with E-state index < -0.39 is 0 Å². The van der Waals surface area contributed by atoms with Gasteiger partial charge in [0.1, 0.15) is 11.5 Å². The third-order valence-corrected chi connectivity index (χ3v) is 4.19.